The van der Waals surface area contributed by atoms with Crippen molar-refractivity contribution in [1.82, 2.24) is 5.32 Å². The lowest BCUT2D eigenvalue weighted by atomic mass is 9.89. The molecule has 2 fully saturated rings. The van der Waals surface area contributed by atoms with Crippen molar-refractivity contribution >= 4 is 0 Å². The predicted molar refractivity (Wildman–Crippen MR) is 82.9 cm³/mol. The topological polar surface area (TPSA) is 21.3 Å². The Labute approximate surface area is 122 Å². The highest BCUT2D eigenvalue weighted by atomic mass is 16.5. The van der Waals surface area contributed by atoms with Gasteiger partial charge in [0.1, 0.15) is 5.75 Å². The predicted octanol–water partition coefficient (Wildman–Crippen LogP) is 4.00. The van der Waals surface area contributed by atoms with Crippen LogP contribution in [0.5, 0.6) is 5.75 Å². The van der Waals surface area contributed by atoms with Crippen molar-refractivity contribution in [2.75, 3.05) is 13.2 Å². The third kappa shape index (κ3) is 3.17. The Kier molecular flexibility index (Phi) is 4.62. The Bertz CT molecular complexity index is 431. The first-order valence-corrected chi connectivity index (χ1v) is 8.28. The number of hydrogen-bond donors (Lipinski definition) is 1. The minimum absolute atomic E-state index is 0.811. The second-order valence-electron chi connectivity index (χ2n) is 6.53. The summed E-state index contributed by atoms with van der Waals surface area (Å²) in [4.78, 5) is 0. The monoisotopic (exact) mass is 273 g/mol. The van der Waals surface area contributed by atoms with Crippen LogP contribution in [0.25, 0.3) is 0 Å². The molecule has 110 valence electrons. The Balaban J connectivity index is 1.54. The SMILES string of the molecule is CCCNCc1ccccc1OCC1CC2CCC1C2. The number of fused-ring (bicyclic) bond motifs is 2. The summed E-state index contributed by atoms with van der Waals surface area (Å²) in [5, 5.41) is 3.47. The van der Waals surface area contributed by atoms with E-state index in [-0.39, 0.29) is 0 Å². The Morgan fingerprint density at radius 3 is 2.85 bits per heavy atom. The molecule has 20 heavy (non-hydrogen) atoms. The fraction of sp³-hybridized carbons (Fsp3) is 0.667. The van der Waals surface area contributed by atoms with E-state index in [1.807, 2.05) is 0 Å². The molecule has 0 spiro atoms. The van der Waals surface area contributed by atoms with Crippen LogP contribution in [0.2, 0.25) is 0 Å². The van der Waals surface area contributed by atoms with Gasteiger partial charge < -0.3 is 10.1 Å². The van der Waals surface area contributed by atoms with Gasteiger partial charge >= 0.3 is 0 Å². The molecule has 1 aromatic rings. The van der Waals surface area contributed by atoms with Gasteiger partial charge in [0, 0.05) is 12.1 Å². The Morgan fingerprint density at radius 2 is 2.10 bits per heavy atom. The lowest BCUT2D eigenvalue weighted by Crippen LogP contribution is -2.20. The molecule has 3 atom stereocenters. The molecule has 2 aliphatic rings. The van der Waals surface area contributed by atoms with Crippen LogP contribution in [-0.4, -0.2) is 13.2 Å². The van der Waals surface area contributed by atoms with Gasteiger partial charge in [-0.3, -0.25) is 0 Å². The van der Waals surface area contributed by atoms with Crippen LogP contribution in [0.3, 0.4) is 0 Å². The second-order valence-corrected chi connectivity index (χ2v) is 6.53. The highest BCUT2D eigenvalue weighted by Crippen LogP contribution is 2.48. The van der Waals surface area contributed by atoms with E-state index in [0.29, 0.717) is 0 Å². The number of benzene rings is 1. The average Bonchev–Trinajstić information content (AvgIpc) is 3.09. The summed E-state index contributed by atoms with van der Waals surface area (Å²) in [7, 11) is 0. The maximum atomic E-state index is 6.16. The second kappa shape index (κ2) is 6.62. The van der Waals surface area contributed by atoms with E-state index < -0.39 is 0 Å². The fourth-order valence-corrected chi connectivity index (χ4v) is 3.97. The van der Waals surface area contributed by atoms with E-state index in [4.69, 9.17) is 4.74 Å². The first kappa shape index (κ1) is 13.9. The lowest BCUT2D eigenvalue weighted by Gasteiger charge is -2.22. The van der Waals surface area contributed by atoms with Crippen LogP contribution >= 0.6 is 0 Å². The lowest BCUT2D eigenvalue weighted by molar-refractivity contribution is 0.194. The van der Waals surface area contributed by atoms with Crippen molar-refractivity contribution in [1.29, 1.82) is 0 Å². The number of rotatable bonds is 7. The van der Waals surface area contributed by atoms with Gasteiger partial charge in [-0.2, -0.15) is 0 Å². The molecule has 0 heterocycles. The average molecular weight is 273 g/mol. The zero-order valence-electron chi connectivity index (χ0n) is 12.6. The highest BCUT2D eigenvalue weighted by molar-refractivity contribution is 5.33. The van der Waals surface area contributed by atoms with Gasteiger partial charge in [0.25, 0.3) is 0 Å². The van der Waals surface area contributed by atoms with Crippen molar-refractivity contribution in [2.45, 2.75) is 45.6 Å². The quantitative estimate of drug-likeness (QED) is 0.758. The normalized spacial score (nSPS) is 27.9. The van der Waals surface area contributed by atoms with E-state index in [9.17, 15) is 0 Å². The van der Waals surface area contributed by atoms with Gasteiger partial charge in [0.2, 0.25) is 0 Å². The molecule has 2 bridgehead atoms. The van der Waals surface area contributed by atoms with Gasteiger partial charge in [0.15, 0.2) is 0 Å². The van der Waals surface area contributed by atoms with Crippen molar-refractivity contribution in [3.8, 4) is 5.75 Å². The molecule has 0 aliphatic heterocycles. The number of nitrogens with one attached hydrogen (secondary N) is 1. The van der Waals surface area contributed by atoms with E-state index >= 15 is 0 Å². The highest BCUT2D eigenvalue weighted by Gasteiger charge is 2.39. The molecule has 1 aromatic carbocycles. The molecule has 0 radical (unpaired) electrons. The van der Waals surface area contributed by atoms with Gasteiger partial charge in [-0.05, 0) is 56.0 Å². The molecule has 2 saturated carbocycles. The zero-order valence-corrected chi connectivity index (χ0v) is 12.6. The zero-order chi connectivity index (χ0) is 13.8. The van der Waals surface area contributed by atoms with E-state index in [0.717, 1.165) is 43.2 Å². The van der Waals surface area contributed by atoms with Crippen LogP contribution in [0.4, 0.5) is 0 Å². The van der Waals surface area contributed by atoms with E-state index in [1.165, 1.54) is 37.7 Å². The molecule has 2 aliphatic carbocycles. The van der Waals surface area contributed by atoms with Crippen LogP contribution in [-0.2, 0) is 6.54 Å². The molecule has 0 aromatic heterocycles. The van der Waals surface area contributed by atoms with Crippen LogP contribution in [0.1, 0.15) is 44.6 Å². The molecule has 3 rings (SSSR count). The summed E-state index contributed by atoms with van der Waals surface area (Å²) >= 11 is 0. The number of hydrogen-bond acceptors (Lipinski definition) is 2. The summed E-state index contributed by atoms with van der Waals surface area (Å²) in [6.07, 6.45) is 6.96. The van der Waals surface area contributed by atoms with Gasteiger partial charge in [-0.1, -0.05) is 31.5 Å². The Morgan fingerprint density at radius 1 is 1.20 bits per heavy atom. The molecule has 3 unspecified atom stereocenters. The van der Waals surface area contributed by atoms with E-state index in [1.54, 1.807) is 0 Å². The standard InChI is InChI=1S/C18H27NO/c1-2-9-19-12-16-5-3-4-6-18(16)20-13-17-11-14-7-8-15(17)10-14/h3-6,14-15,17,19H,2,7-13H2,1H3. The van der Waals surface area contributed by atoms with Gasteiger partial charge in [0.05, 0.1) is 6.61 Å². The first-order valence-electron chi connectivity index (χ1n) is 8.28. The maximum Gasteiger partial charge on any atom is 0.123 e. The molecular weight excluding hydrogens is 246 g/mol. The van der Waals surface area contributed by atoms with Crippen molar-refractivity contribution < 1.29 is 4.74 Å². The molecule has 0 amide bonds. The van der Waals surface area contributed by atoms with E-state index in [2.05, 4.69) is 36.5 Å². The summed E-state index contributed by atoms with van der Waals surface area (Å²) in [6.45, 7) is 5.11. The molecule has 1 N–H and O–H groups in total. The third-order valence-corrected chi connectivity index (χ3v) is 5.05. The maximum absolute atomic E-state index is 6.16. The molecule has 2 nitrogen and oxygen atoms in total. The van der Waals surface area contributed by atoms with Crippen LogP contribution < -0.4 is 10.1 Å². The summed E-state index contributed by atoms with van der Waals surface area (Å²) in [5.74, 6) is 3.85. The fourth-order valence-electron chi connectivity index (χ4n) is 3.97. The first-order chi connectivity index (χ1) is 9.86. The van der Waals surface area contributed by atoms with Crippen LogP contribution in [0.15, 0.2) is 24.3 Å². The third-order valence-electron chi connectivity index (χ3n) is 5.05. The molecular formula is C18H27NO. The summed E-state index contributed by atoms with van der Waals surface area (Å²) < 4.78 is 6.16. The van der Waals surface area contributed by atoms with Gasteiger partial charge in [-0.25, -0.2) is 0 Å². The Hall–Kier alpha value is -1.02. The summed E-state index contributed by atoms with van der Waals surface area (Å²) in [5.41, 5.74) is 1.30. The van der Waals surface area contributed by atoms with Crippen molar-refractivity contribution in [3.05, 3.63) is 29.8 Å². The largest absolute Gasteiger partial charge is 0.493 e. The summed E-state index contributed by atoms with van der Waals surface area (Å²) in [6, 6.07) is 8.49. The van der Waals surface area contributed by atoms with Crippen LogP contribution in [0, 0.1) is 17.8 Å². The van der Waals surface area contributed by atoms with Crippen molar-refractivity contribution in [3.63, 3.8) is 0 Å². The number of ether oxygens (including phenoxy) is 1. The van der Waals surface area contributed by atoms with Gasteiger partial charge in [-0.15, -0.1) is 0 Å². The molecule has 0 saturated heterocycles. The minimum Gasteiger partial charge on any atom is -0.493 e. The molecule has 2 heteroatoms. The smallest absolute Gasteiger partial charge is 0.123 e. The number of para-hydroxylation sites is 1. The minimum atomic E-state index is 0.811. The van der Waals surface area contributed by atoms with Crippen molar-refractivity contribution in [2.24, 2.45) is 17.8 Å².